The molecule has 0 atom stereocenters. The van der Waals surface area contributed by atoms with E-state index in [1.165, 1.54) is 12.3 Å². The average molecular weight is 427 g/mol. The Hall–Kier alpha value is -2.74. The lowest BCUT2D eigenvalue weighted by atomic mass is 10.0. The number of carbonyl (C=O) groups excluding carboxylic acids is 2. The summed E-state index contributed by atoms with van der Waals surface area (Å²) in [4.78, 5) is 26.0. The number of benzene rings is 1. The number of hydrogen-bond donors (Lipinski definition) is 1. The molecule has 1 saturated heterocycles. The van der Waals surface area contributed by atoms with Crippen LogP contribution in [-0.4, -0.2) is 35.8 Å². The normalized spacial score (nSPS) is 15.7. The molecule has 0 bridgehead atoms. The summed E-state index contributed by atoms with van der Waals surface area (Å²) in [5, 5.41) is 2.91. The molecule has 9 heteroatoms. The van der Waals surface area contributed by atoms with Crippen molar-refractivity contribution in [3.8, 4) is 0 Å². The maximum absolute atomic E-state index is 12.8. The van der Waals surface area contributed by atoms with Gasteiger partial charge in [-0.05, 0) is 54.8 Å². The molecule has 3 rings (SSSR count). The Bertz CT molecular complexity index is 902. The number of piperidine rings is 1. The molecule has 5 nitrogen and oxygen atoms in total. The van der Waals surface area contributed by atoms with E-state index in [4.69, 9.17) is 16.0 Å². The number of carbonyl (C=O) groups is 2. The van der Waals surface area contributed by atoms with Crippen LogP contribution in [0.3, 0.4) is 0 Å². The number of amides is 2. The minimum Gasteiger partial charge on any atom is -0.459 e. The maximum atomic E-state index is 12.8. The van der Waals surface area contributed by atoms with Gasteiger partial charge in [0.05, 0.1) is 11.8 Å². The molecule has 0 saturated carbocycles. The predicted molar refractivity (Wildman–Crippen MR) is 101 cm³/mol. The summed E-state index contributed by atoms with van der Waals surface area (Å²) in [6.07, 6.45) is 0.483. The zero-order valence-electron chi connectivity index (χ0n) is 15.2. The molecule has 1 aromatic heterocycles. The van der Waals surface area contributed by atoms with Crippen molar-refractivity contribution in [3.63, 3.8) is 0 Å². The van der Waals surface area contributed by atoms with E-state index in [0.717, 1.165) is 24.3 Å². The summed E-state index contributed by atoms with van der Waals surface area (Å²) in [6.45, 7) is 0.932. The molecule has 29 heavy (non-hydrogen) atoms. The lowest BCUT2D eigenvalue weighted by Gasteiger charge is -2.31. The monoisotopic (exact) mass is 426 g/mol. The van der Waals surface area contributed by atoms with Crippen molar-refractivity contribution in [2.75, 3.05) is 13.1 Å². The largest absolute Gasteiger partial charge is 0.459 e. The van der Waals surface area contributed by atoms with Crippen LogP contribution in [0, 0.1) is 0 Å². The zero-order chi connectivity index (χ0) is 21.0. The van der Waals surface area contributed by atoms with Gasteiger partial charge in [0.1, 0.15) is 0 Å². The maximum Gasteiger partial charge on any atom is 0.416 e. The van der Waals surface area contributed by atoms with E-state index < -0.39 is 17.6 Å². The van der Waals surface area contributed by atoms with Crippen LogP contribution in [0.1, 0.15) is 34.5 Å². The van der Waals surface area contributed by atoms with Gasteiger partial charge in [0.15, 0.2) is 5.76 Å². The van der Waals surface area contributed by atoms with Gasteiger partial charge >= 0.3 is 6.18 Å². The van der Waals surface area contributed by atoms with Crippen LogP contribution in [-0.2, 0) is 11.0 Å². The molecular weight excluding hydrogens is 409 g/mol. The lowest BCUT2D eigenvalue weighted by molar-refractivity contribution is -0.137. The Kier molecular flexibility index (Phi) is 6.32. The summed E-state index contributed by atoms with van der Waals surface area (Å²) in [5.41, 5.74) is -0.731. The van der Waals surface area contributed by atoms with E-state index in [0.29, 0.717) is 25.9 Å². The molecular formula is C20H18ClF3N2O3. The second-order valence-electron chi connectivity index (χ2n) is 6.62. The first-order chi connectivity index (χ1) is 13.7. The number of rotatable bonds is 4. The Balaban J connectivity index is 1.53. The molecule has 1 N–H and O–H groups in total. The van der Waals surface area contributed by atoms with Crippen molar-refractivity contribution < 1.29 is 27.2 Å². The summed E-state index contributed by atoms with van der Waals surface area (Å²) in [6, 6.07) is 6.03. The van der Waals surface area contributed by atoms with Gasteiger partial charge in [0, 0.05) is 30.2 Å². The third kappa shape index (κ3) is 5.41. The number of hydrogen-bond acceptors (Lipinski definition) is 3. The minimum atomic E-state index is -4.49. The molecule has 2 amide bonds. The summed E-state index contributed by atoms with van der Waals surface area (Å²) < 4.78 is 43.5. The smallest absolute Gasteiger partial charge is 0.416 e. The lowest BCUT2D eigenvalue weighted by Crippen LogP contribution is -2.46. The van der Waals surface area contributed by atoms with Crippen LogP contribution >= 0.6 is 11.6 Å². The molecule has 0 aliphatic carbocycles. The molecule has 0 unspecified atom stereocenters. The first kappa shape index (κ1) is 21.0. The summed E-state index contributed by atoms with van der Waals surface area (Å²) >= 11 is 5.91. The highest BCUT2D eigenvalue weighted by Gasteiger charge is 2.30. The number of furan rings is 1. The second-order valence-corrected chi connectivity index (χ2v) is 7.03. The number of likely N-dealkylation sites (tertiary alicyclic amines) is 1. The molecule has 1 aromatic carbocycles. The zero-order valence-corrected chi connectivity index (χ0v) is 16.0. The molecule has 2 aromatic rings. The predicted octanol–water partition coefficient (Wildman–Crippen LogP) is 4.39. The van der Waals surface area contributed by atoms with Gasteiger partial charge in [0.2, 0.25) is 5.91 Å². The van der Waals surface area contributed by atoms with Crippen LogP contribution in [0.5, 0.6) is 0 Å². The van der Waals surface area contributed by atoms with Crippen LogP contribution in [0.25, 0.3) is 6.08 Å². The Morgan fingerprint density at radius 1 is 1.21 bits per heavy atom. The SMILES string of the molecule is O=C(/C=C/c1cc(C(F)(F)F)ccc1Cl)NC1CCN(C(=O)c2ccco2)CC1. The first-order valence-electron chi connectivity index (χ1n) is 8.92. The molecule has 1 fully saturated rings. The van der Waals surface area contributed by atoms with Crippen molar-refractivity contribution in [1.82, 2.24) is 10.2 Å². The molecule has 0 radical (unpaired) electrons. The Morgan fingerprint density at radius 3 is 2.55 bits per heavy atom. The highest BCUT2D eigenvalue weighted by molar-refractivity contribution is 6.32. The van der Waals surface area contributed by atoms with E-state index in [1.54, 1.807) is 17.0 Å². The molecule has 1 aliphatic rings. The van der Waals surface area contributed by atoms with Crippen molar-refractivity contribution >= 4 is 29.5 Å². The van der Waals surface area contributed by atoms with Gasteiger partial charge in [-0.25, -0.2) is 0 Å². The van der Waals surface area contributed by atoms with Gasteiger partial charge in [0.25, 0.3) is 5.91 Å². The van der Waals surface area contributed by atoms with E-state index in [-0.39, 0.29) is 28.3 Å². The molecule has 1 aliphatic heterocycles. The standard InChI is InChI=1S/C20H18ClF3N2O3/c21-16-5-4-14(20(22,23)24)12-13(16)3-6-18(27)25-15-7-9-26(10-8-15)19(28)17-2-1-11-29-17/h1-6,11-12,15H,7-10H2,(H,25,27)/b6-3+. The fraction of sp³-hybridized carbons (Fsp3) is 0.300. The third-order valence-electron chi connectivity index (χ3n) is 4.60. The van der Waals surface area contributed by atoms with Crippen LogP contribution < -0.4 is 5.32 Å². The van der Waals surface area contributed by atoms with Crippen LogP contribution in [0.4, 0.5) is 13.2 Å². The van der Waals surface area contributed by atoms with Crippen LogP contribution in [0.15, 0.2) is 47.1 Å². The first-order valence-corrected chi connectivity index (χ1v) is 9.30. The van der Waals surface area contributed by atoms with Gasteiger partial charge < -0.3 is 14.6 Å². The highest BCUT2D eigenvalue weighted by Crippen LogP contribution is 2.32. The highest BCUT2D eigenvalue weighted by atomic mass is 35.5. The Morgan fingerprint density at radius 2 is 1.93 bits per heavy atom. The van der Waals surface area contributed by atoms with Gasteiger partial charge in [-0.3, -0.25) is 9.59 Å². The molecule has 2 heterocycles. The minimum absolute atomic E-state index is 0.107. The van der Waals surface area contributed by atoms with Crippen molar-refractivity contribution in [3.05, 3.63) is 64.6 Å². The average Bonchev–Trinajstić information content (AvgIpc) is 3.21. The molecule has 154 valence electrons. The topological polar surface area (TPSA) is 62.6 Å². The number of alkyl halides is 3. The van der Waals surface area contributed by atoms with Crippen LogP contribution in [0.2, 0.25) is 5.02 Å². The number of nitrogens with zero attached hydrogens (tertiary/aromatic N) is 1. The molecule has 0 spiro atoms. The Labute approximate surface area is 170 Å². The van der Waals surface area contributed by atoms with Gasteiger partial charge in [-0.2, -0.15) is 13.2 Å². The van der Waals surface area contributed by atoms with Crippen molar-refractivity contribution in [2.45, 2.75) is 25.1 Å². The second kappa shape index (κ2) is 8.73. The van der Waals surface area contributed by atoms with E-state index >= 15 is 0 Å². The van der Waals surface area contributed by atoms with Gasteiger partial charge in [-0.15, -0.1) is 0 Å². The fourth-order valence-corrected chi connectivity index (χ4v) is 3.23. The number of halogens is 4. The summed E-state index contributed by atoms with van der Waals surface area (Å²) in [5.74, 6) is -0.360. The number of nitrogens with one attached hydrogen (secondary N) is 1. The van der Waals surface area contributed by atoms with Gasteiger partial charge in [-0.1, -0.05) is 11.6 Å². The van der Waals surface area contributed by atoms with Crippen molar-refractivity contribution in [1.29, 1.82) is 0 Å². The third-order valence-corrected chi connectivity index (χ3v) is 4.94. The summed E-state index contributed by atoms with van der Waals surface area (Å²) in [7, 11) is 0. The fourth-order valence-electron chi connectivity index (χ4n) is 3.05. The van der Waals surface area contributed by atoms with E-state index in [2.05, 4.69) is 5.32 Å². The van der Waals surface area contributed by atoms with Crippen molar-refractivity contribution in [2.24, 2.45) is 0 Å². The van der Waals surface area contributed by atoms with E-state index in [1.807, 2.05) is 0 Å². The van der Waals surface area contributed by atoms with E-state index in [9.17, 15) is 22.8 Å². The quantitative estimate of drug-likeness (QED) is 0.738.